The molecular weight excluding hydrogens is 244 g/mol. The Hall–Kier alpha value is -1.95. The molecule has 2 heterocycles. The van der Waals surface area contributed by atoms with Crippen LogP contribution in [0.4, 0.5) is 0 Å². The van der Waals surface area contributed by atoms with Gasteiger partial charge in [0.2, 0.25) is 11.7 Å². The topological polar surface area (TPSA) is 73.1 Å². The van der Waals surface area contributed by atoms with Gasteiger partial charge in [-0.2, -0.15) is 4.98 Å². The molecule has 0 saturated heterocycles. The molecule has 0 atom stereocenters. The fraction of sp³-hybridized carbons (Fsp3) is 0.462. The van der Waals surface area contributed by atoms with Crippen molar-refractivity contribution in [1.82, 2.24) is 20.4 Å². The fourth-order valence-electron chi connectivity index (χ4n) is 1.66. The first-order chi connectivity index (χ1) is 9.22. The third-order valence-corrected chi connectivity index (χ3v) is 2.59. The number of aryl methyl sites for hydroxylation is 2. The Kier molecular flexibility index (Phi) is 4.46. The van der Waals surface area contributed by atoms with Gasteiger partial charge in [0, 0.05) is 18.7 Å². The minimum atomic E-state index is 0.283. The highest BCUT2D eigenvalue weighted by atomic mass is 16.5. The Morgan fingerprint density at radius 3 is 2.84 bits per heavy atom. The van der Waals surface area contributed by atoms with Gasteiger partial charge in [-0.25, -0.2) is 0 Å². The highest BCUT2D eigenvalue weighted by Gasteiger charge is 2.09. The number of hydrogen-bond acceptors (Lipinski definition) is 6. The summed E-state index contributed by atoms with van der Waals surface area (Å²) in [7, 11) is 1.88. The summed E-state index contributed by atoms with van der Waals surface area (Å²) in [6.45, 7) is 4.86. The molecule has 0 unspecified atom stereocenters. The Balaban J connectivity index is 2.05. The van der Waals surface area contributed by atoms with Gasteiger partial charge in [-0.1, -0.05) is 12.1 Å². The van der Waals surface area contributed by atoms with E-state index in [-0.39, 0.29) is 6.61 Å². The molecule has 0 aliphatic carbocycles. The molecule has 19 heavy (non-hydrogen) atoms. The van der Waals surface area contributed by atoms with Crippen LogP contribution in [0.1, 0.15) is 30.0 Å². The van der Waals surface area contributed by atoms with Crippen LogP contribution in [0.3, 0.4) is 0 Å². The molecule has 6 nitrogen and oxygen atoms in total. The molecule has 0 saturated carbocycles. The van der Waals surface area contributed by atoms with Gasteiger partial charge in [-0.15, -0.1) is 0 Å². The predicted molar refractivity (Wildman–Crippen MR) is 69.7 cm³/mol. The largest absolute Gasteiger partial charge is 0.484 e. The van der Waals surface area contributed by atoms with Gasteiger partial charge in [0.1, 0.15) is 5.75 Å². The third-order valence-electron chi connectivity index (χ3n) is 2.59. The summed E-state index contributed by atoms with van der Waals surface area (Å²) in [6.07, 6.45) is 0.726. The maximum Gasteiger partial charge on any atom is 0.226 e. The minimum Gasteiger partial charge on any atom is -0.484 e. The standard InChI is InChI=1S/C13H18N4O2/c1-4-13-16-12(17-19-13)8-18-11-6-5-9(2)15-10(11)7-14-3/h5-6,14H,4,7-8H2,1-3H3. The van der Waals surface area contributed by atoms with Crippen molar-refractivity contribution in [3.63, 3.8) is 0 Å². The monoisotopic (exact) mass is 262 g/mol. The first-order valence-electron chi connectivity index (χ1n) is 6.28. The molecule has 0 aliphatic heterocycles. The van der Waals surface area contributed by atoms with E-state index in [1.54, 1.807) is 0 Å². The molecule has 6 heteroatoms. The second-order valence-corrected chi connectivity index (χ2v) is 4.17. The first kappa shape index (κ1) is 13.5. The molecule has 0 aliphatic rings. The normalized spacial score (nSPS) is 10.7. The van der Waals surface area contributed by atoms with E-state index in [4.69, 9.17) is 9.26 Å². The van der Waals surface area contributed by atoms with Crippen LogP contribution in [0.15, 0.2) is 16.7 Å². The number of nitrogens with one attached hydrogen (secondary N) is 1. The molecule has 1 N–H and O–H groups in total. The zero-order chi connectivity index (χ0) is 13.7. The number of hydrogen-bond donors (Lipinski definition) is 1. The lowest BCUT2D eigenvalue weighted by atomic mass is 10.3. The Morgan fingerprint density at radius 1 is 1.32 bits per heavy atom. The van der Waals surface area contributed by atoms with Gasteiger partial charge in [-0.3, -0.25) is 4.98 Å². The van der Waals surface area contributed by atoms with Crippen molar-refractivity contribution >= 4 is 0 Å². The number of ether oxygens (including phenoxy) is 1. The van der Waals surface area contributed by atoms with Crippen LogP contribution in [0.25, 0.3) is 0 Å². The Labute approximate surface area is 112 Å². The van der Waals surface area contributed by atoms with Gasteiger partial charge >= 0.3 is 0 Å². The van der Waals surface area contributed by atoms with Crippen LogP contribution >= 0.6 is 0 Å². The third kappa shape index (κ3) is 3.51. The summed E-state index contributed by atoms with van der Waals surface area (Å²) in [4.78, 5) is 8.64. The SMILES string of the molecule is CCc1nc(COc2ccc(C)nc2CNC)no1. The summed E-state index contributed by atoms with van der Waals surface area (Å²) in [5.74, 6) is 1.91. The van der Waals surface area contributed by atoms with E-state index >= 15 is 0 Å². The summed E-state index contributed by atoms with van der Waals surface area (Å²) in [5.41, 5.74) is 1.84. The van der Waals surface area contributed by atoms with Crippen molar-refractivity contribution in [2.45, 2.75) is 33.4 Å². The van der Waals surface area contributed by atoms with E-state index in [1.807, 2.05) is 33.0 Å². The predicted octanol–water partition coefficient (Wildman–Crippen LogP) is 1.63. The molecule has 102 valence electrons. The summed E-state index contributed by atoms with van der Waals surface area (Å²) in [5, 5.41) is 6.92. The van der Waals surface area contributed by atoms with Gasteiger partial charge in [0.15, 0.2) is 6.61 Å². The van der Waals surface area contributed by atoms with Crippen LogP contribution in [-0.4, -0.2) is 22.2 Å². The maximum atomic E-state index is 5.70. The van der Waals surface area contributed by atoms with Crippen LogP contribution in [0, 0.1) is 6.92 Å². The van der Waals surface area contributed by atoms with Crippen molar-refractivity contribution < 1.29 is 9.26 Å². The van der Waals surface area contributed by atoms with Crippen LogP contribution < -0.4 is 10.1 Å². The van der Waals surface area contributed by atoms with Gasteiger partial charge in [0.05, 0.1) is 5.69 Å². The van der Waals surface area contributed by atoms with Crippen LogP contribution in [-0.2, 0) is 19.6 Å². The lowest BCUT2D eigenvalue weighted by Gasteiger charge is -2.09. The van der Waals surface area contributed by atoms with Gasteiger partial charge in [0.25, 0.3) is 0 Å². The van der Waals surface area contributed by atoms with Crippen molar-refractivity contribution in [1.29, 1.82) is 0 Å². The van der Waals surface area contributed by atoms with Gasteiger partial charge in [-0.05, 0) is 26.1 Å². The quantitative estimate of drug-likeness (QED) is 0.853. The van der Waals surface area contributed by atoms with E-state index in [1.165, 1.54) is 0 Å². The molecule has 0 bridgehead atoms. The molecule has 2 aromatic heterocycles. The summed E-state index contributed by atoms with van der Waals surface area (Å²) in [6, 6.07) is 3.83. The van der Waals surface area contributed by atoms with E-state index in [9.17, 15) is 0 Å². The molecule has 0 radical (unpaired) electrons. The summed E-state index contributed by atoms with van der Waals surface area (Å²) < 4.78 is 10.7. The molecule has 0 fully saturated rings. The van der Waals surface area contributed by atoms with Gasteiger partial charge < -0.3 is 14.6 Å². The molecular formula is C13H18N4O2. The average Bonchev–Trinajstić information content (AvgIpc) is 2.86. The van der Waals surface area contributed by atoms with Crippen molar-refractivity contribution in [3.05, 3.63) is 35.2 Å². The number of pyridine rings is 1. The van der Waals surface area contributed by atoms with Crippen LogP contribution in [0.5, 0.6) is 5.75 Å². The second kappa shape index (κ2) is 6.29. The second-order valence-electron chi connectivity index (χ2n) is 4.17. The van der Waals surface area contributed by atoms with E-state index in [2.05, 4.69) is 20.4 Å². The maximum absolute atomic E-state index is 5.70. The lowest BCUT2D eigenvalue weighted by Crippen LogP contribution is -2.10. The average molecular weight is 262 g/mol. The molecule has 0 spiro atoms. The molecule has 2 rings (SSSR count). The van der Waals surface area contributed by atoms with Crippen molar-refractivity contribution in [2.75, 3.05) is 7.05 Å². The zero-order valence-corrected chi connectivity index (χ0v) is 11.4. The Bertz CT molecular complexity index is 539. The smallest absolute Gasteiger partial charge is 0.226 e. The number of nitrogens with zero attached hydrogens (tertiary/aromatic N) is 3. The van der Waals surface area contributed by atoms with Crippen molar-refractivity contribution in [3.8, 4) is 5.75 Å². The number of aromatic nitrogens is 3. The lowest BCUT2D eigenvalue weighted by molar-refractivity contribution is 0.280. The fourth-order valence-corrected chi connectivity index (χ4v) is 1.66. The van der Waals surface area contributed by atoms with Crippen LogP contribution in [0.2, 0.25) is 0 Å². The molecule has 2 aromatic rings. The first-order valence-corrected chi connectivity index (χ1v) is 6.28. The molecule has 0 aromatic carbocycles. The van der Waals surface area contributed by atoms with Crippen molar-refractivity contribution in [2.24, 2.45) is 0 Å². The van der Waals surface area contributed by atoms with E-state index in [0.29, 0.717) is 18.3 Å². The zero-order valence-electron chi connectivity index (χ0n) is 11.4. The highest BCUT2D eigenvalue weighted by Crippen LogP contribution is 2.18. The van der Waals surface area contributed by atoms with E-state index in [0.717, 1.165) is 23.6 Å². The minimum absolute atomic E-state index is 0.283. The summed E-state index contributed by atoms with van der Waals surface area (Å²) >= 11 is 0. The molecule has 0 amide bonds. The Morgan fingerprint density at radius 2 is 2.16 bits per heavy atom. The van der Waals surface area contributed by atoms with E-state index < -0.39 is 0 Å². The number of rotatable bonds is 6. The highest BCUT2D eigenvalue weighted by molar-refractivity contribution is 5.29.